The zero-order valence-corrected chi connectivity index (χ0v) is 11.6. The number of carbonyl (C=O) groups is 1. The molecule has 0 spiro atoms. The average Bonchev–Trinajstić information content (AvgIpc) is 3.01. The molecule has 0 unspecified atom stereocenters. The molecule has 3 aromatic heterocycles. The van der Waals surface area contributed by atoms with Gasteiger partial charge >= 0.3 is 0 Å². The van der Waals surface area contributed by atoms with Crippen LogP contribution in [0.15, 0.2) is 36.7 Å². The van der Waals surface area contributed by atoms with E-state index in [1.165, 1.54) is 11.3 Å². The quantitative estimate of drug-likeness (QED) is 0.784. The van der Waals surface area contributed by atoms with Gasteiger partial charge in [0.15, 0.2) is 0 Å². The van der Waals surface area contributed by atoms with Gasteiger partial charge in [-0.15, -0.1) is 11.3 Å². The summed E-state index contributed by atoms with van der Waals surface area (Å²) in [4.78, 5) is 16.9. The zero-order chi connectivity index (χ0) is 13.4. The lowest BCUT2D eigenvalue weighted by molar-refractivity contribution is 0.103. The smallest absolute Gasteiger partial charge is 0.265 e. The molecule has 1 N–H and O–H groups in total. The Morgan fingerprint density at radius 2 is 2.21 bits per heavy atom. The molecule has 19 heavy (non-hydrogen) atoms. The van der Waals surface area contributed by atoms with Gasteiger partial charge in [-0.25, -0.2) is 4.98 Å². The van der Waals surface area contributed by atoms with Crippen molar-refractivity contribution in [3.05, 3.63) is 51.6 Å². The van der Waals surface area contributed by atoms with Gasteiger partial charge in [0.2, 0.25) is 0 Å². The number of carbonyl (C=O) groups excluding carboxylic acids is 1. The molecule has 3 rings (SSSR count). The largest absolute Gasteiger partial charge is 0.320 e. The van der Waals surface area contributed by atoms with Crippen LogP contribution in [0, 0.1) is 6.92 Å². The number of halogens is 1. The Morgan fingerprint density at radius 1 is 1.37 bits per heavy atom. The molecule has 96 valence electrons. The van der Waals surface area contributed by atoms with Crippen molar-refractivity contribution in [3.63, 3.8) is 0 Å². The number of amides is 1. The summed E-state index contributed by atoms with van der Waals surface area (Å²) in [6, 6.07) is 7.15. The van der Waals surface area contributed by atoms with Crippen LogP contribution in [0.25, 0.3) is 5.65 Å². The minimum absolute atomic E-state index is 0.153. The summed E-state index contributed by atoms with van der Waals surface area (Å²) in [6.45, 7) is 1.94. The van der Waals surface area contributed by atoms with E-state index in [1.54, 1.807) is 18.3 Å². The third-order valence-electron chi connectivity index (χ3n) is 2.86. The Balaban J connectivity index is 1.93. The molecule has 0 bridgehead atoms. The Hall–Kier alpha value is -1.85. The molecular formula is C13H10ClN3OS. The highest BCUT2D eigenvalue weighted by Crippen LogP contribution is 2.23. The zero-order valence-electron chi connectivity index (χ0n) is 10.1. The summed E-state index contributed by atoms with van der Waals surface area (Å²) in [5.74, 6) is -0.153. The van der Waals surface area contributed by atoms with E-state index in [2.05, 4.69) is 10.3 Å². The fourth-order valence-corrected chi connectivity index (χ4v) is 2.82. The van der Waals surface area contributed by atoms with Gasteiger partial charge in [-0.05, 0) is 31.2 Å². The Bertz CT molecular complexity index is 762. The van der Waals surface area contributed by atoms with Gasteiger partial charge < -0.3 is 9.72 Å². The topological polar surface area (TPSA) is 46.4 Å². The van der Waals surface area contributed by atoms with Crippen molar-refractivity contribution in [2.75, 3.05) is 5.32 Å². The summed E-state index contributed by atoms with van der Waals surface area (Å²) < 4.78 is 2.53. The first-order chi connectivity index (χ1) is 9.15. The molecule has 6 heteroatoms. The third-order valence-corrected chi connectivity index (χ3v) is 4.09. The Kier molecular flexibility index (Phi) is 3.00. The molecule has 0 aromatic carbocycles. The van der Waals surface area contributed by atoms with Crippen molar-refractivity contribution in [3.8, 4) is 0 Å². The lowest BCUT2D eigenvalue weighted by Gasteiger charge is -2.09. The summed E-state index contributed by atoms with van der Waals surface area (Å²) >= 11 is 7.09. The number of pyridine rings is 1. The molecule has 0 atom stereocenters. The van der Waals surface area contributed by atoms with E-state index >= 15 is 0 Å². The van der Waals surface area contributed by atoms with Gasteiger partial charge in [-0.2, -0.15) is 0 Å². The maximum absolute atomic E-state index is 12.1. The number of nitrogens with zero attached hydrogens (tertiary/aromatic N) is 2. The number of nitrogens with one attached hydrogen (secondary N) is 1. The van der Waals surface area contributed by atoms with Crippen LogP contribution in [0.5, 0.6) is 0 Å². The summed E-state index contributed by atoms with van der Waals surface area (Å²) in [7, 11) is 0. The fraction of sp³-hybridized carbons (Fsp3) is 0.0769. The molecular weight excluding hydrogens is 282 g/mol. The molecule has 0 aliphatic carbocycles. The number of thiophene rings is 1. The van der Waals surface area contributed by atoms with Gasteiger partial charge in [0.1, 0.15) is 5.65 Å². The SMILES string of the molecule is Cc1c(NC(=O)c2ccc(Cl)s2)ccc2nccn12. The normalized spacial score (nSPS) is 10.8. The van der Waals surface area contributed by atoms with Crippen molar-refractivity contribution in [1.82, 2.24) is 9.38 Å². The lowest BCUT2D eigenvalue weighted by atomic mass is 10.3. The van der Waals surface area contributed by atoms with Crippen LogP contribution in [0.2, 0.25) is 4.34 Å². The number of imidazole rings is 1. The van der Waals surface area contributed by atoms with E-state index in [4.69, 9.17) is 11.6 Å². The Labute approximate surface area is 118 Å². The number of fused-ring (bicyclic) bond motifs is 1. The van der Waals surface area contributed by atoms with Gasteiger partial charge in [-0.1, -0.05) is 11.6 Å². The predicted molar refractivity (Wildman–Crippen MR) is 77.2 cm³/mol. The molecule has 3 heterocycles. The van der Waals surface area contributed by atoms with Crippen LogP contribution in [-0.2, 0) is 0 Å². The molecule has 0 aliphatic heterocycles. The molecule has 0 fully saturated rings. The number of aromatic nitrogens is 2. The summed E-state index contributed by atoms with van der Waals surface area (Å²) in [5.41, 5.74) is 2.56. The Morgan fingerprint density at radius 3 is 2.95 bits per heavy atom. The van der Waals surface area contributed by atoms with E-state index in [1.807, 2.05) is 29.7 Å². The first-order valence-corrected chi connectivity index (χ1v) is 6.84. The van der Waals surface area contributed by atoms with Crippen LogP contribution in [0.3, 0.4) is 0 Å². The highest BCUT2D eigenvalue weighted by atomic mass is 35.5. The van der Waals surface area contributed by atoms with E-state index < -0.39 is 0 Å². The van der Waals surface area contributed by atoms with Crippen molar-refractivity contribution in [2.24, 2.45) is 0 Å². The minimum atomic E-state index is -0.153. The van der Waals surface area contributed by atoms with Crippen molar-refractivity contribution in [2.45, 2.75) is 6.92 Å². The van der Waals surface area contributed by atoms with E-state index in [9.17, 15) is 4.79 Å². The predicted octanol–water partition coefficient (Wildman–Crippen LogP) is 3.61. The third kappa shape index (κ3) is 2.22. The number of aryl methyl sites for hydroxylation is 1. The maximum atomic E-state index is 12.1. The van der Waals surface area contributed by atoms with E-state index in [-0.39, 0.29) is 5.91 Å². The van der Waals surface area contributed by atoms with Gasteiger partial charge in [0.25, 0.3) is 5.91 Å². The second kappa shape index (κ2) is 4.68. The second-order valence-electron chi connectivity index (χ2n) is 4.05. The highest BCUT2D eigenvalue weighted by molar-refractivity contribution is 7.18. The van der Waals surface area contributed by atoms with Gasteiger partial charge in [-0.3, -0.25) is 4.79 Å². The number of hydrogen-bond donors (Lipinski definition) is 1. The van der Waals surface area contributed by atoms with Crippen molar-refractivity contribution >= 4 is 40.2 Å². The first-order valence-electron chi connectivity index (χ1n) is 5.64. The molecule has 3 aromatic rings. The van der Waals surface area contributed by atoms with Crippen molar-refractivity contribution < 1.29 is 4.79 Å². The minimum Gasteiger partial charge on any atom is -0.320 e. The van der Waals surface area contributed by atoms with Crippen molar-refractivity contribution in [1.29, 1.82) is 0 Å². The summed E-state index contributed by atoms with van der Waals surface area (Å²) in [6.07, 6.45) is 3.59. The molecule has 4 nitrogen and oxygen atoms in total. The van der Waals surface area contributed by atoms with Crippen LogP contribution < -0.4 is 5.32 Å². The molecule has 1 amide bonds. The van der Waals surface area contributed by atoms with E-state index in [0.29, 0.717) is 9.21 Å². The fourth-order valence-electron chi connectivity index (χ4n) is 1.88. The number of hydrogen-bond acceptors (Lipinski definition) is 3. The number of rotatable bonds is 2. The van der Waals surface area contributed by atoms with Crippen LogP contribution in [-0.4, -0.2) is 15.3 Å². The van der Waals surface area contributed by atoms with Gasteiger partial charge in [0, 0.05) is 18.1 Å². The van der Waals surface area contributed by atoms with Crippen LogP contribution in [0.1, 0.15) is 15.4 Å². The molecule has 0 saturated carbocycles. The second-order valence-corrected chi connectivity index (χ2v) is 5.76. The van der Waals surface area contributed by atoms with E-state index in [0.717, 1.165) is 17.0 Å². The van der Waals surface area contributed by atoms with Crippen LogP contribution in [0.4, 0.5) is 5.69 Å². The number of anilines is 1. The standard InChI is InChI=1S/C13H10ClN3OS/c1-8-9(2-5-12-15-6-7-17(8)12)16-13(18)10-3-4-11(14)19-10/h2-7H,1H3,(H,16,18). The average molecular weight is 292 g/mol. The first kappa shape index (κ1) is 12.2. The molecule has 0 saturated heterocycles. The van der Waals surface area contributed by atoms with Gasteiger partial charge in [0.05, 0.1) is 14.9 Å². The molecule has 0 radical (unpaired) electrons. The lowest BCUT2D eigenvalue weighted by Crippen LogP contribution is -2.12. The highest BCUT2D eigenvalue weighted by Gasteiger charge is 2.11. The van der Waals surface area contributed by atoms with Crippen LogP contribution >= 0.6 is 22.9 Å². The maximum Gasteiger partial charge on any atom is 0.265 e. The monoisotopic (exact) mass is 291 g/mol. The summed E-state index contributed by atoms with van der Waals surface area (Å²) in [5, 5.41) is 2.89. The molecule has 0 aliphatic rings.